The van der Waals surface area contributed by atoms with E-state index >= 15 is 0 Å². The first-order valence-corrected chi connectivity index (χ1v) is 16.4. The number of hydrogen-bond donors (Lipinski definition) is 4. The number of aromatic nitrogens is 3. The van der Waals surface area contributed by atoms with Crippen molar-refractivity contribution >= 4 is 46.8 Å². The van der Waals surface area contributed by atoms with Crippen LogP contribution < -0.4 is 5.32 Å². The van der Waals surface area contributed by atoms with Crippen molar-refractivity contribution in [1.29, 1.82) is 0 Å². The Kier molecular flexibility index (Phi) is 16.9. The van der Waals surface area contributed by atoms with E-state index in [0.29, 0.717) is 30.7 Å². The monoisotopic (exact) mass is 598 g/mol. The second-order valence-electron chi connectivity index (χ2n) is 8.95. The number of nitrogens with one attached hydrogen (secondary N) is 3. The lowest BCUT2D eigenvalue weighted by Crippen LogP contribution is -2.26. The summed E-state index contributed by atoms with van der Waals surface area (Å²) >= 11 is 5.13. The van der Waals surface area contributed by atoms with Gasteiger partial charge in [-0.15, -0.1) is 0 Å². The summed E-state index contributed by atoms with van der Waals surface area (Å²) < 4.78 is 14.8. The number of imidazole rings is 1. The van der Waals surface area contributed by atoms with Crippen LogP contribution >= 0.6 is 24.4 Å². The van der Waals surface area contributed by atoms with Gasteiger partial charge in [0, 0.05) is 53.7 Å². The Labute approximate surface area is 255 Å². The van der Waals surface area contributed by atoms with Gasteiger partial charge in [-0.2, -0.15) is 24.4 Å². The quantitative estimate of drug-likeness (QED) is 0.138. The molecule has 0 saturated heterocycles. The molecule has 0 saturated carbocycles. The van der Waals surface area contributed by atoms with Crippen LogP contribution in [0.25, 0.3) is 27.6 Å². The summed E-state index contributed by atoms with van der Waals surface area (Å²) in [7, 11) is 0. The van der Waals surface area contributed by atoms with Gasteiger partial charge in [0.1, 0.15) is 5.82 Å². The van der Waals surface area contributed by atoms with Crippen LogP contribution in [-0.4, -0.2) is 39.9 Å². The lowest BCUT2D eigenvalue weighted by Gasteiger charge is -2.13. The van der Waals surface area contributed by atoms with Crippen molar-refractivity contribution in [2.24, 2.45) is 0 Å². The number of aromatic amines is 2. The van der Waals surface area contributed by atoms with Crippen molar-refractivity contribution < 1.29 is 9.18 Å². The number of halogens is 1. The molecule has 0 radical (unpaired) electrons. The number of H-pyrrole nitrogens is 2. The van der Waals surface area contributed by atoms with Gasteiger partial charge in [0.2, 0.25) is 5.91 Å². The molecule has 224 valence electrons. The van der Waals surface area contributed by atoms with Gasteiger partial charge in [-0.05, 0) is 53.7 Å². The number of nitrogens with zero attached hydrogens (tertiary/aromatic N) is 1. The number of allylic oxidation sites excluding steroid dienone is 1. The van der Waals surface area contributed by atoms with Crippen LogP contribution in [0.3, 0.4) is 0 Å². The zero-order chi connectivity index (χ0) is 30.9. The van der Waals surface area contributed by atoms with Crippen LogP contribution in [0.15, 0.2) is 55.5 Å². The van der Waals surface area contributed by atoms with Crippen molar-refractivity contribution in [1.82, 2.24) is 20.3 Å². The van der Waals surface area contributed by atoms with Crippen LogP contribution in [-0.2, 0) is 17.0 Å². The van der Waals surface area contributed by atoms with Gasteiger partial charge in [-0.3, -0.25) is 4.79 Å². The molecule has 0 aliphatic rings. The van der Waals surface area contributed by atoms with Crippen LogP contribution in [0.2, 0.25) is 0 Å². The Balaban J connectivity index is 0.00000131. The zero-order valence-electron chi connectivity index (χ0n) is 25.8. The maximum atomic E-state index is 14.8. The topological polar surface area (TPSA) is 73.6 Å². The minimum Gasteiger partial charge on any atom is -0.356 e. The fourth-order valence-corrected chi connectivity index (χ4v) is 5.01. The first-order valence-electron chi connectivity index (χ1n) is 14.2. The Morgan fingerprint density at radius 1 is 1.17 bits per heavy atom. The summed E-state index contributed by atoms with van der Waals surface area (Å²) in [5.74, 6) is 0.442. The lowest BCUT2D eigenvalue weighted by molar-refractivity contribution is -0.121. The molecule has 2 heterocycles. The molecule has 2 aromatic heterocycles. The molecule has 1 atom stereocenters. The van der Waals surface area contributed by atoms with E-state index in [4.69, 9.17) is 0 Å². The number of thioether (sulfide) groups is 1. The fourth-order valence-electron chi connectivity index (χ4n) is 4.46. The van der Waals surface area contributed by atoms with Gasteiger partial charge < -0.3 is 15.3 Å². The maximum absolute atomic E-state index is 14.8. The molecule has 0 bridgehead atoms. The summed E-state index contributed by atoms with van der Waals surface area (Å²) in [5.41, 5.74) is 7.24. The van der Waals surface area contributed by atoms with Crippen LogP contribution in [0.4, 0.5) is 4.39 Å². The number of amides is 1. The predicted molar refractivity (Wildman–Crippen MR) is 182 cm³/mol. The molecule has 0 spiro atoms. The third kappa shape index (κ3) is 9.82. The maximum Gasteiger partial charge on any atom is 0.220 e. The summed E-state index contributed by atoms with van der Waals surface area (Å²) in [6.07, 6.45) is 8.14. The molecular weight excluding hydrogens is 552 g/mol. The molecule has 0 aliphatic heterocycles. The number of carbonyl (C=O) groups excluding carboxylic acids is 1. The lowest BCUT2D eigenvalue weighted by atomic mass is 9.93. The number of hydrogen-bond acceptors (Lipinski definition) is 4. The molecule has 2 aromatic carbocycles. The van der Waals surface area contributed by atoms with E-state index in [1.54, 1.807) is 36.6 Å². The van der Waals surface area contributed by atoms with Crippen LogP contribution in [0, 0.1) is 5.82 Å². The number of benzene rings is 2. The Morgan fingerprint density at radius 3 is 2.46 bits per heavy atom. The minimum absolute atomic E-state index is 0.00369. The Morgan fingerprint density at radius 2 is 1.88 bits per heavy atom. The van der Waals surface area contributed by atoms with Crippen molar-refractivity contribution in [3.05, 3.63) is 83.8 Å². The van der Waals surface area contributed by atoms with Crippen LogP contribution in [0.5, 0.6) is 0 Å². The fraction of sp³-hybridized carbons (Fsp3) is 0.394. The summed E-state index contributed by atoms with van der Waals surface area (Å²) in [5, 5.41) is 4.00. The molecule has 5 nitrogen and oxygen atoms in total. The number of para-hydroxylation sites is 1. The molecular formula is C33H47FN4OS2. The van der Waals surface area contributed by atoms with Gasteiger partial charge in [0.15, 0.2) is 0 Å². The highest BCUT2D eigenvalue weighted by Crippen LogP contribution is 2.39. The van der Waals surface area contributed by atoms with E-state index in [2.05, 4.69) is 52.5 Å². The molecule has 1 amide bonds. The largest absolute Gasteiger partial charge is 0.356 e. The smallest absolute Gasteiger partial charge is 0.220 e. The number of rotatable bonds is 10. The first-order chi connectivity index (χ1) is 19.9. The Hall–Kier alpha value is -2.97. The number of thiol groups is 1. The minimum atomic E-state index is -0.199. The van der Waals surface area contributed by atoms with Gasteiger partial charge in [0.25, 0.3) is 0 Å². The highest BCUT2D eigenvalue weighted by molar-refractivity contribution is 7.97. The van der Waals surface area contributed by atoms with E-state index < -0.39 is 0 Å². The standard InChI is InChI=1S/C28H31FN4OS.2C2H6.CH4S/c1-17(2)27-26(19-8-9-20(15-35-4)24(29)13-19)23-7-5-6-22(28(23)33-27)18(3)12-25(34)31-11-10-21-14-30-16-32-21;3*1-2/h5-9,13-14,16,18,33H,1,10-12,15H2,2-4H3,(H,30,32)(H,31,34);2*1-2H3;2H,1H3. The van der Waals surface area contributed by atoms with Crippen molar-refractivity contribution in [3.8, 4) is 11.1 Å². The zero-order valence-corrected chi connectivity index (χ0v) is 27.5. The molecule has 8 heteroatoms. The number of carbonyl (C=O) groups is 1. The van der Waals surface area contributed by atoms with Crippen molar-refractivity contribution in [2.45, 2.75) is 66.1 Å². The van der Waals surface area contributed by atoms with Crippen molar-refractivity contribution in [3.63, 3.8) is 0 Å². The summed E-state index contributed by atoms with van der Waals surface area (Å²) in [6.45, 7) is 16.7. The van der Waals surface area contributed by atoms with Crippen molar-refractivity contribution in [2.75, 3.05) is 19.1 Å². The average molecular weight is 599 g/mol. The molecule has 3 N–H and O–H groups in total. The SMILES string of the molecule is C=C(C)c1[nH]c2c(C(C)CC(=O)NCCc3cnc[nH]3)cccc2c1-c1ccc(CSC)c(F)c1.CC.CC.CS. The Bertz CT molecular complexity index is 1350. The first kappa shape index (κ1) is 36.1. The third-order valence-corrected chi connectivity index (χ3v) is 6.83. The highest BCUT2D eigenvalue weighted by Gasteiger charge is 2.20. The molecule has 0 aliphatic carbocycles. The van der Waals surface area contributed by atoms with E-state index in [9.17, 15) is 9.18 Å². The highest BCUT2D eigenvalue weighted by atomic mass is 32.2. The van der Waals surface area contributed by atoms with Gasteiger partial charge >= 0.3 is 0 Å². The normalized spacial score (nSPS) is 10.8. The molecule has 41 heavy (non-hydrogen) atoms. The van der Waals surface area contributed by atoms with Gasteiger partial charge in [-0.1, -0.05) is 71.5 Å². The third-order valence-electron chi connectivity index (χ3n) is 6.23. The van der Waals surface area contributed by atoms with Gasteiger partial charge in [0.05, 0.1) is 11.8 Å². The molecule has 0 fully saturated rings. The van der Waals surface area contributed by atoms with E-state index in [0.717, 1.165) is 44.6 Å². The van der Waals surface area contributed by atoms with E-state index in [1.165, 1.54) is 0 Å². The van der Waals surface area contributed by atoms with E-state index in [1.807, 2.05) is 65.1 Å². The molecule has 4 aromatic rings. The summed E-state index contributed by atoms with van der Waals surface area (Å²) in [6, 6.07) is 11.6. The second-order valence-corrected chi connectivity index (χ2v) is 9.81. The molecule has 4 rings (SSSR count). The summed E-state index contributed by atoms with van der Waals surface area (Å²) in [4.78, 5) is 23.2. The predicted octanol–water partition coefficient (Wildman–Crippen LogP) is 9.04. The van der Waals surface area contributed by atoms with E-state index in [-0.39, 0.29) is 17.6 Å². The molecule has 1 unspecified atom stereocenters. The van der Waals surface area contributed by atoms with Crippen LogP contribution in [0.1, 0.15) is 76.4 Å². The number of fused-ring (bicyclic) bond motifs is 1. The van der Waals surface area contributed by atoms with Gasteiger partial charge in [-0.25, -0.2) is 9.37 Å². The average Bonchev–Trinajstić information content (AvgIpc) is 3.65. The second kappa shape index (κ2) is 19.2.